The van der Waals surface area contributed by atoms with Crippen molar-refractivity contribution in [1.82, 2.24) is 24.5 Å². The van der Waals surface area contributed by atoms with Crippen molar-refractivity contribution in [1.29, 1.82) is 0 Å². The predicted molar refractivity (Wildman–Crippen MR) is 144 cm³/mol. The van der Waals surface area contributed by atoms with Gasteiger partial charge in [-0.25, -0.2) is 5.48 Å². The topological polar surface area (TPSA) is 111 Å². The van der Waals surface area contributed by atoms with Gasteiger partial charge in [-0.15, -0.1) is 0 Å². The van der Waals surface area contributed by atoms with Crippen LogP contribution < -0.4 is 9.79 Å². The number of benzene rings is 2. The van der Waals surface area contributed by atoms with Gasteiger partial charge < -0.3 is 4.90 Å². The first kappa shape index (κ1) is 27.1. The standard InChI is InChI=1S/C26H36N6O4S/c1-29-15-17-31(18-16-29)37(35,36)32(14-6-4-3-5-7-26(33)28-34)24-12-10-21(11-13-24)22-8-9-23-20-27-30(2)25(23)19-22/h8-13,19-20,34H,3-7,14-18H2,1-2H3,(H,28,33). The van der Waals surface area contributed by atoms with Crippen molar-refractivity contribution < 1.29 is 18.4 Å². The molecule has 2 N–H and O–H groups in total. The van der Waals surface area contributed by atoms with Crippen molar-refractivity contribution in [2.45, 2.75) is 32.1 Å². The van der Waals surface area contributed by atoms with Gasteiger partial charge in [0.1, 0.15) is 0 Å². The first-order valence-electron chi connectivity index (χ1n) is 12.7. The normalized spacial score (nSPS) is 15.2. The van der Waals surface area contributed by atoms with Crippen LogP contribution in [0.15, 0.2) is 48.7 Å². The first-order chi connectivity index (χ1) is 17.8. The van der Waals surface area contributed by atoms with E-state index in [1.54, 1.807) is 9.79 Å². The van der Waals surface area contributed by atoms with Gasteiger partial charge in [0.2, 0.25) is 5.91 Å². The zero-order chi connectivity index (χ0) is 26.4. The third kappa shape index (κ3) is 6.48. The number of unbranched alkanes of at least 4 members (excludes halogenated alkanes) is 3. The van der Waals surface area contributed by atoms with E-state index in [4.69, 9.17) is 5.21 Å². The molecule has 1 amide bonds. The molecular formula is C26H36N6O4S. The summed E-state index contributed by atoms with van der Waals surface area (Å²) < 4.78 is 32.3. The third-order valence-electron chi connectivity index (χ3n) is 6.94. The number of amides is 1. The van der Waals surface area contributed by atoms with Crippen LogP contribution >= 0.6 is 0 Å². The highest BCUT2D eigenvalue weighted by Gasteiger charge is 2.31. The molecule has 1 fully saturated rings. The number of carbonyl (C=O) groups excluding carboxylic acids is 1. The lowest BCUT2D eigenvalue weighted by Gasteiger charge is -2.36. The first-order valence-corrected chi connectivity index (χ1v) is 14.1. The number of fused-ring (bicyclic) bond motifs is 1. The molecule has 1 saturated heterocycles. The fraction of sp³-hybridized carbons (Fsp3) is 0.462. The highest BCUT2D eigenvalue weighted by Crippen LogP contribution is 2.28. The van der Waals surface area contributed by atoms with Gasteiger partial charge in [0.05, 0.1) is 17.4 Å². The van der Waals surface area contributed by atoms with Crippen molar-refractivity contribution in [3.05, 3.63) is 48.7 Å². The molecule has 1 aliphatic heterocycles. The fourth-order valence-electron chi connectivity index (χ4n) is 4.63. The maximum absolute atomic E-state index is 13.7. The summed E-state index contributed by atoms with van der Waals surface area (Å²) in [5.74, 6) is -0.401. The quantitative estimate of drug-likeness (QED) is 0.225. The summed E-state index contributed by atoms with van der Waals surface area (Å²) in [5, 5.41) is 14.0. The van der Waals surface area contributed by atoms with E-state index < -0.39 is 16.1 Å². The summed E-state index contributed by atoms with van der Waals surface area (Å²) in [7, 11) is 0.231. The number of nitrogens with one attached hydrogen (secondary N) is 1. The van der Waals surface area contributed by atoms with Crippen LogP contribution in [0.4, 0.5) is 5.69 Å². The molecule has 0 saturated carbocycles. The molecule has 0 aliphatic carbocycles. The number of hydrogen-bond acceptors (Lipinski definition) is 6. The minimum atomic E-state index is -3.68. The average Bonchev–Trinajstić information content (AvgIpc) is 3.28. The number of anilines is 1. The smallest absolute Gasteiger partial charge is 0.304 e. The Balaban J connectivity index is 1.51. The number of aromatic nitrogens is 2. The zero-order valence-corrected chi connectivity index (χ0v) is 22.3. The summed E-state index contributed by atoms with van der Waals surface area (Å²) in [6.45, 7) is 2.70. The maximum atomic E-state index is 13.7. The number of nitrogens with zero attached hydrogens (tertiary/aromatic N) is 5. The molecule has 37 heavy (non-hydrogen) atoms. The van der Waals surface area contributed by atoms with Gasteiger partial charge in [-0.3, -0.25) is 19.0 Å². The van der Waals surface area contributed by atoms with Crippen LogP contribution in [0.2, 0.25) is 0 Å². The summed E-state index contributed by atoms with van der Waals surface area (Å²) in [4.78, 5) is 13.3. The second-order valence-electron chi connectivity index (χ2n) is 9.57. The van der Waals surface area contributed by atoms with Gasteiger partial charge in [-0.2, -0.15) is 17.8 Å². The van der Waals surface area contributed by atoms with E-state index in [2.05, 4.69) is 22.1 Å². The molecular weight excluding hydrogens is 492 g/mol. The summed E-state index contributed by atoms with van der Waals surface area (Å²) in [5.41, 5.74) is 5.37. The molecule has 0 atom stereocenters. The Bertz CT molecular complexity index is 1300. The second kappa shape index (κ2) is 12.0. The van der Waals surface area contributed by atoms with E-state index in [0.717, 1.165) is 34.9 Å². The van der Waals surface area contributed by atoms with Crippen LogP contribution in [-0.4, -0.2) is 78.3 Å². The number of hydrogen-bond donors (Lipinski definition) is 2. The Morgan fingerprint density at radius 3 is 2.35 bits per heavy atom. The van der Waals surface area contributed by atoms with Crippen LogP contribution in [0.1, 0.15) is 32.1 Å². The van der Waals surface area contributed by atoms with E-state index >= 15 is 0 Å². The lowest BCUT2D eigenvalue weighted by molar-refractivity contribution is -0.129. The Labute approximate surface area is 218 Å². The van der Waals surface area contributed by atoms with Gasteiger partial charge in [0.15, 0.2) is 0 Å². The molecule has 1 aliphatic rings. The van der Waals surface area contributed by atoms with Crippen LogP contribution in [0.5, 0.6) is 0 Å². The van der Waals surface area contributed by atoms with E-state index in [1.807, 2.05) is 55.3 Å². The molecule has 1 aromatic heterocycles. The molecule has 10 nitrogen and oxygen atoms in total. The lowest BCUT2D eigenvalue weighted by Crippen LogP contribution is -2.52. The number of hydroxylamine groups is 1. The van der Waals surface area contributed by atoms with Crippen molar-refractivity contribution in [2.75, 3.05) is 44.1 Å². The summed E-state index contributed by atoms with van der Waals surface area (Å²) in [6.07, 6.45) is 4.98. The fourth-order valence-corrected chi connectivity index (χ4v) is 6.28. The molecule has 2 aromatic carbocycles. The van der Waals surface area contributed by atoms with E-state index in [9.17, 15) is 13.2 Å². The van der Waals surface area contributed by atoms with Gasteiger partial charge in [0.25, 0.3) is 0 Å². The Hall–Kier alpha value is -2.99. The van der Waals surface area contributed by atoms with E-state index in [-0.39, 0.29) is 6.42 Å². The van der Waals surface area contributed by atoms with Crippen molar-refractivity contribution in [3.63, 3.8) is 0 Å². The monoisotopic (exact) mass is 528 g/mol. The van der Waals surface area contributed by atoms with E-state index in [1.165, 1.54) is 4.31 Å². The zero-order valence-electron chi connectivity index (χ0n) is 21.5. The Kier molecular flexibility index (Phi) is 8.80. The number of rotatable bonds is 11. The van der Waals surface area contributed by atoms with Gasteiger partial charge in [0, 0.05) is 51.6 Å². The number of aryl methyl sites for hydroxylation is 1. The molecule has 0 bridgehead atoms. The van der Waals surface area contributed by atoms with Crippen molar-refractivity contribution >= 4 is 32.7 Å². The van der Waals surface area contributed by atoms with Crippen LogP contribution in [-0.2, 0) is 22.1 Å². The Morgan fingerprint density at radius 1 is 0.973 bits per heavy atom. The number of likely N-dealkylation sites (N-methyl/N-ethyl adjacent to an activating group) is 1. The largest absolute Gasteiger partial charge is 0.304 e. The molecule has 0 radical (unpaired) electrons. The molecule has 0 spiro atoms. The molecule has 11 heteroatoms. The third-order valence-corrected chi connectivity index (χ3v) is 8.91. The van der Waals surface area contributed by atoms with Crippen LogP contribution in [0, 0.1) is 0 Å². The Morgan fingerprint density at radius 2 is 1.65 bits per heavy atom. The van der Waals surface area contributed by atoms with Gasteiger partial charge >= 0.3 is 10.2 Å². The molecule has 3 aromatic rings. The summed E-state index contributed by atoms with van der Waals surface area (Å²) in [6, 6.07) is 13.9. The highest BCUT2D eigenvalue weighted by molar-refractivity contribution is 7.90. The number of piperazine rings is 1. The maximum Gasteiger partial charge on any atom is 0.304 e. The molecule has 0 unspecified atom stereocenters. The van der Waals surface area contributed by atoms with Crippen LogP contribution in [0.3, 0.4) is 0 Å². The molecule has 4 rings (SSSR count). The molecule has 200 valence electrons. The van der Waals surface area contributed by atoms with E-state index in [0.29, 0.717) is 51.3 Å². The van der Waals surface area contributed by atoms with Crippen molar-refractivity contribution in [2.24, 2.45) is 7.05 Å². The van der Waals surface area contributed by atoms with Crippen LogP contribution in [0.25, 0.3) is 22.0 Å². The van der Waals surface area contributed by atoms with Crippen molar-refractivity contribution in [3.8, 4) is 11.1 Å². The molecule has 2 heterocycles. The lowest BCUT2D eigenvalue weighted by atomic mass is 10.0. The minimum absolute atomic E-state index is 0.256. The highest BCUT2D eigenvalue weighted by atomic mass is 32.2. The second-order valence-corrected chi connectivity index (χ2v) is 11.4. The SMILES string of the molecule is CN1CCN(S(=O)(=O)N(CCCCCCC(=O)NO)c2ccc(-c3ccc4cnn(C)c4c3)cc2)CC1. The average molecular weight is 529 g/mol. The minimum Gasteiger partial charge on any atom is -0.304 e. The summed E-state index contributed by atoms with van der Waals surface area (Å²) >= 11 is 0. The predicted octanol–water partition coefficient (Wildman–Crippen LogP) is 2.99. The number of carbonyl (C=O) groups is 1. The van der Waals surface area contributed by atoms with Gasteiger partial charge in [-0.05, 0) is 49.2 Å². The van der Waals surface area contributed by atoms with Gasteiger partial charge in [-0.1, -0.05) is 37.1 Å².